The molecular weight excluding hydrogens is 238 g/mol. The summed E-state index contributed by atoms with van der Waals surface area (Å²) in [4.78, 5) is 11.7. The van der Waals surface area contributed by atoms with Gasteiger partial charge in [-0.1, -0.05) is 0 Å². The van der Waals surface area contributed by atoms with Crippen molar-refractivity contribution in [3.8, 4) is 0 Å². The van der Waals surface area contributed by atoms with E-state index in [2.05, 4.69) is 5.32 Å². The summed E-state index contributed by atoms with van der Waals surface area (Å²) in [5.74, 6) is -0.421. The van der Waals surface area contributed by atoms with E-state index in [1.54, 1.807) is 7.11 Å². The summed E-state index contributed by atoms with van der Waals surface area (Å²) in [6.45, 7) is 3.01. The van der Waals surface area contributed by atoms with Crippen molar-refractivity contribution in [1.29, 1.82) is 0 Å². The minimum absolute atomic E-state index is 0.0557. The van der Waals surface area contributed by atoms with E-state index in [0.717, 1.165) is 6.42 Å². The Morgan fingerprint density at radius 3 is 2.83 bits per heavy atom. The molecule has 6 heteroatoms. The fourth-order valence-corrected chi connectivity index (χ4v) is 1.79. The second kappa shape index (κ2) is 9.27. The van der Waals surface area contributed by atoms with E-state index in [-0.39, 0.29) is 17.9 Å². The Morgan fingerprint density at radius 2 is 2.11 bits per heavy atom. The van der Waals surface area contributed by atoms with E-state index in [1.807, 2.05) is 7.05 Å². The molecule has 1 heterocycles. The molecule has 0 aromatic carbocycles. The SMILES string of the molecule is CNC1COCC1C(=O)OCCOCCCOC. The number of hydrogen-bond donors (Lipinski definition) is 1. The molecule has 0 aliphatic carbocycles. The molecule has 0 aromatic heterocycles. The second-order valence-corrected chi connectivity index (χ2v) is 4.17. The average molecular weight is 261 g/mol. The molecule has 0 amide bonds. The van der Waals surface area contributed by atoms with E-state index >= 15 is 0 Å². The molecule has 0 spiro atoms. The Balaban J connectivity index is 2.03. The van der Waals surface area contributed by atoms with Gasteiger partial charge in [0.25, 0.3) is 0 Å². The van der Waals surface area contributed by atoms with E-state index in [9.17, 15) is 4.79 Å². The van der Waals surface area contributed by atoms with Crippen molar-refractivity contribution < 1.29 is 23.7 Å². The minimum Gasteiger partial charge on any atom is -0.463 e. The number of ether oxygens (including phenoxy) is 4. The Labute approximate surface area is 108 Å². The van der Waals surface area contributed by atoms with Crippen molar-refractivity contribution in [3.05, 3.63) is 0 Å². The largest absolute Gasteiger partial charge is 0.463 e. The van der Waals surface area contributed by atoms with Crippen LogP contribution in [0, 0.1) is 5.92 Å². The standard InChI is InChI=1S/C12H23NO5/c1-13-11-9-17-8-10(11)12(14)18-7-6-16-5-3-4-15-2/h10-11,13H,3-9H2,1-2H3. The predicted molar refractivity (Wildman–Crippen MR) is 65.4 cm³/mol. The Hall–Kier alpha value is -0.690. The highest BCUT2D eigenvalue weighted by Crippen LogP contribution is 2.14. The van der Waals surface area contributed by atoms with Gasteiger partial charge >= 0.3 is 5.97 Å². The Bertz CT molecular complexity index is 237. The average Bonchev–Trinajstić information content (AvgIpc) is 2.85. The van der Waals surface area contributed by atoms with Gasteiger partial charge in [-0.25, -0.2) is 0 Å². The smallest absolute Gasteiger partial charge is 0.313 e. The Morgan fingerprint density at radius 1 is 1.28 bits per heavy atom. The van der Waals surface area contributed by atoms with Crippen molar-refractivity contribution in [3.63, 3.8) is 0 Å². The Kier molecular flexibility index (Phi) is 7.91. The second-order valence-electron chi connectivity index (χ2n) is 4.17. The number of carbonyl (C=O) groups excluding carboxylic acids is 1. The van der Waals surface area contributed by atoms with Gasteiger partial charge in [0.2, 0.25) is 0 Å². The maximum absolute atomic E-state index is 11.7. The lowest BCUT2D eigenvalue weighted by Gasteiger charge is -2.15. The molecule has 18 heavy (non-hydrogen) atoms. The first-order chi connectivity index (χ1) is 8.79. The molecule has 1 fully saturated rings. The highest BCUT2D eigenvalue weighted by molar-refractivity contribution is 5.73. The highest BCUT2D eigenvalue weighted by Gasteiger charge is 2.34. The molecule has 1 aliphatic rings. The maximum atomic E-state index is 11.7. The summed E-state index contributed by atoms with van der Waals surface area (Å²) in [7, 11) is 3.47. The number of esters is 1. The van der Waals surface area contributed by atoms with E-state index in [0.29, 0.717) is 39.6 Å². The topological polar surface area (TPSA) is 66.0 Å². The normalized spacial score (nSPS) is 23.2. The molecule has 1 aliphatic heterocycles. The van der Waals surface area contributed by atoms with Crippen LogP contribution in [0.1, 0.15) is 6.42 Å². The molecule has 106 valence electrons. The lowest BCUT2D eigenvalue weighted by atomic mass is 10.0. The molecule has 0 saturated carbocycles. The predicted octanol–water partition coefficient (Wildman–Crippen LogP) is -0.183. The zero-order chi connectivity index (χ0) is 13.2. The summed E-state index contributed by atoms with van der Waals surface area (Å²) < 4.78 is 20.6. The molecule has 2 atom stereocenters. The third kappa shape index (κ3) is 5.30. The number of hydrogen-bond acceptors (Lipinski definition) is 6. The van der Waals surface area contributed by atoms with E-state index in [1.165, 1.54) is 0 Å². The third-order valence-corrected chi connectivity index (χ3v) is 2.86. The van der Waals surface area contributed by atoms with Crippen LogP contribution < -0.4 is 5.32 Å². The summed E-state index contributed by atoms with van der Waals surface area (Å²) in [5.41, 5.74) is 0. The van der Waals surface area contributed by atoms with Crippen molar-refractivity contribution in [2.45, 2.75) is 12.5 Å². The third-order valence-electron chi connectivity index (χ3n) is 2.86. The van der Waals surface area contributed by atoms with Crippen molar-refractivity contribution in [2.24, 2.45) is 5.92 Å². The lowest BCUT2D eigenvalue weighted by molar-refractivity contribution is -0.150. The first-order valence-electron chi connectivity index (χ1n) is 6.28. The molecule has 0 aromatic rings. The van der Waals surface area contributed by atoms with Crippen LogP contribution in [0.5, 0.6) is 0 Å². The van der Waals surface area contributed by atoms with Gasteiger partial charge in [0.05, 0.1) is 25.7 Å². The molecule has 1 rings (SSSR count). The van der Waals surface area contributed by atoms with Crippen LogP contribution in [-0.4, -0.2) is 65.8 Å². The summed E-state index contributed by atoms with van der Waals surface area (Å²) in [6, 6.07) is 0.0557. The monoisotopic (exact) mass is 261 g/mol. The summed E-state index contributed by atoms with van der Waals surface area (Å²) in [6.07, 6.45) is 0.850. The number of rotatable bonds is 9. The van der Waals surface area contributed by atoms with E-state index < -0.39 is 0 Å². The van der Waals surface area contributed by atoms with Gasteiger partial charge in [0.1, 0.15) is 6.61 Å². The fourth-order valence-electron chi connectivity index (χ4n) is 1.79. The van der Waals surface area contributed by atoms with Gasteiger partial charge < -0.3 is 24.3 Å². The summed E-state index contributed by atoms with van der Waals surface area (Å²) >= 11 is 0. The fraction of sp³-hybridized carbons (Fsp3) is 0.917. The number of likely N-dealkylation sites (N-methyl/N-ethyl adjacent to an activating group) is 1. The van der Waals surface area contributed by atoms with Gasteiger partial charge in [0, 0.05) is 26.4 Å². The zero-order valence-corrected chi connectivity index (χ0v) is 11.1. The lowest BCUT2D eigenvalue weighted by Crippen LogP contribution is -2.38. The molecule has 6 nitrogen and oxygen atoms in total. The van der Waals surface area contributed by atoms with Crippen LogP contribution in [-0.2, 0) is 23.7 Å². The van der Waals surface area contributed by atoms with Crippen LogP contribution >= 0.6 is 0 Å². The van der Waals surface area contributed by atoms with Crippen LogP contribution in [0.4, 0.5) is 0 Å². The minimum atomic E-state index is -0.215. The van der Waals surface area contributed by atoms with Crippen LogP contribution in [0.15, 0.2) is 0 Å². The molecule has 0 radical (unpaired) electrons. The zero-order valence-electron chi connectivity index (χ0n) is 11.1. The molecular formula is C12H23NO5. The van der Waals surface area contributed by atoms with Crippen LogP contribution in [0.3, 0.4) is 0 Å². The van der Waals surface area contributed by atoms with Crippen molar-refractivity contribution in [1.82, 2.24) is 5.32 Å². The van der Waals surface area contributed by atoms with Crippen LogP contribution in [0.25, 0.3) is 0 Å². The van der Waals surface area contributed by atoms with Gasteiger partial charge in [-0.15, -0.1) is 0 Å². The number of nitrogens with one attached hydrogen (secondary N) is 1. The van der Waals surface area contributed by atoms with Gasteiger partial charge in [-0.05, 0) is 13.5 Å². The first-order valence-corrected chi connectivity index (χ1v) is 6.28. The molecule has 0 bridgehead atoms. The number of carbonyl (C=O) groups is 1. The van der Waals surface area contributed by atoms with Gasteiger partial charge in [-0.2, -0.15) is 0 Å². The van der Waals surface area contributed by atoms with Crippen molar-refractivity contribution in [2.75, 3.05) is 53.8 Å². The van der Waals surface area contributed by atoms with Gasteiger partial charge in [-0.3, -0.25) is 4.79 Å². The van der Waals surface area contributed by atoms with Gasteiger partial charge in [0.15, 0.2) is 0 Å². The van der Waals surface area contributed by atoms with Crippen molar-refractivity contribution >= 4 is 5.97 Å². The molecule has 1 saturated heterocycles. The first kappa shape index (κ1) is 15.4. The number of methoxy groups -OCH3 is 1. The molecule has 2 unspecified atom stereocenters. The highest BCUT2D eigenvalue weighted by atomic mass is 16.6. The summed E-state index contributed by atoms with van der Waals surface area (Å²) in [5, 5.41) is 3.05. The quantitative estimate of drug-likeness (QED) is 0.459. The van der Waals surface area contributed by atoms with E-state index in [4.69, 9.17) is 18.9 Å². The van der Waals surface area contributed by atoms with Crippen LogP contribution in [0.2, 0.25) is 0 Å². The molecule has 1 N–H and O–H groups in total. The maximum Gasteiger partial charge on any atom is 0.313 e.